The van der Waals surface area contributed by atoms with Gasteiger partial charge in [0, 0.05) is 12.1 Å². The fourth-order valence-corrected chi connectivity index (χ4v) is 18.9. The molecule has 13 heteroatoms. The molecular formula is C60H86FeN2O8P2. The smallest absolute Gasteiger partial charge is 0.600 e. The Bertz CT molecular complexity index is 2130. The van der Waals surface area contributed by atoms with Crippen molar-refractivity contribution < 1.29 is 55.7 Å². The van der Waals surface area contributed by atoms with Crippen molar-refractivity contribution in [3.05, 3.63) is 93.0 Å². The van der Waals surface area contributed by atoms with Gasteiger partial charge in [-0.1, -0.05) is 26.7 Å². The van der Waals surface area contributed by atoms with Gasteiger partial charge in [-0.05, 0) is 287 Å². The predicted octanol–water partition coefficient (Wildman–Crippen LogP) is 10.6. The molecule has 6 atom stereocenters. The third kappa shape index (κ3) is 15.1. The third-order valence-corrected chi connectivity index (χ3v) is 20.7. The van der Waals surface area contributed by atoms with Crippen LogP contribution >= 0.6 is 15.8 Å². The van der Waals surface area contributed by atoms with Crippen LogP contribution in [0.4, 0.5) is 0 Å². The molecule has 0 amide bonds. The summed E-state index contributed by atoms with van der Waals surface area (Å²) >= 11 is 0. The molecule has 0 N–H and O–H groups in total. The summed E-state index contributed by atoms with van der Waals surface area (Å²) in [6.07, 6.45) is 5.86. The van der Waals surface area contributed by atoms with Crippen LogP contribution in [0.15, 0.2) is 58.5 Å². The molecule has 2 aliphatic rings. The molecule has 2 fully saturated rings. The first-order chi connectivity index (χ1) is 34.2. The summed E-state index contributed by atoms with van der Waals surface area (Å²) in [5, 5.41) is 30.1. The maximum Gasteiger partial charge on any atom is 2.00 e. The molecule has 2 aliphatic carbocycles. The quantitative estimate of drug-likeness (QED) is 0.0417. The van der Waals surface area contributed by atoms with Gasteiger partial charge in [0.15, 0.2) is 0 Å². The molecule has 4 aromatic rings. The molecule has 402 valence electrons. The van der Waals surface area contributed by atoms with Crippen molar-refractivity contribution in [2.75, 3.05) is 41.7 Å². The molecule has 6 rings (SSSR count). The van der Waals surface area contributed by atoms with Gasteiger partial charge < -0.3 is 38.6 Å². The standard InChI is InChI=1S/2C30H44NO4P.Fe/c2*1-10-23-11-12-27(26(23)17-35-30(32)31-18(2)3)36(24-13-19(4)28(33-8)20(5)14-24)25-15-21(6)29(34-9)22(7)16-25;/h2*13-16,18,23,26-27H,10-12,17H2,1-9H3,(H,31,32);/q;;+2/p-2. The van der Waals surface area contributed by atoms with Crippen molar-refractivity contribution in [2.24, 2.45) is 33.7 Å². The van der Waals surface area contributed by atoms with Crippen molar-refractivity contribution in [1.29, 1.82) is 0 Å². The number of methoxy groups -OCH3 is 4. The van der Waals surface area contributed by atoms with E-state index in [4.69, 9.17) is 28.4 Å². The summed E-state index contributed by atoms with van der Waals surface area (Å²) in [6, 6.07) is 18.3. The van der Waals surface area contributed by atoms with E-state index in [0.717, 1.165) is 106 Å². The van der Waals surface area contributed by atoms with Crippen molar-refractivity contribution in [3.63, 3.8) is 0 Å². The van der Waals surface area contributed by atoms with E-state index in [9.17, 15) is 10.2 Å². The Morgan fingerprint density at radius 2 is 0.699 bits per heavy atom. The van der Waals surface area contributed by atoms with Crippen LogP contribution in [0.3, 0.4) is 0 Å². The Kier molecular flexibility index (Phi) is 23.8. The largest absolute Gasteiger partial charge is 2.00 e. The Balaban J connectivity index is 0.000000312. The molecule has 4 aromatic carbocycles. The van der Waals surface area contributed by atoms with E-state index < -0.39 is 28.0 Å². The molecule has 0 heterocycles. The molecule has 0 aromatic heterocycles. The number of nitrogens with zero attached hydrogens (tertiary/aromatic N) is 2. The second-order valence-corrected chi connectivity index (χ2v) is 25.6. The van der Waals surface area contributed by atoms with Crippen LogP contribution in [0.25, 0.3) is 0 Å². The first-order valence-corrected chi connectivity index (χ1v) is 29.0. The van der Waals surface area contributed by atoms with E-state index >= 15 is 0 Å². The number of hydrogen-bond acceptors (Lipinski definition) is 10. The van der Waals surface area contributed by atoms with Crippen molar-refractivity contribution in [2.45, 2.75) is 159 Å². The normalized spacial score (nSPS) is 20.0. The van der Waals surface area contributed by atoms with E-state index in [1.807, 2.05) is 27.7 Å². The zero-order chi connectivity index (χ0) is 53.1. The SMILES string of the molecule is CCC1CCC(P(c2cc(C)c(OC)c(C)c2)c2cc(C)c(OC)c(C)c2)C1COC([O-])=NC(C)C.CCC1CCC(P(c2cc(C)c(OC)c(C)c2)c2cc(C)c(OC)c(C)c2)C1COC([O-])=NC(C)C.[Fe+2]. The molecule has 10 nitrogen and oxygen atoms in total. The van der Waals surface area contributed by atoms with Crippen LogP contribution in [0.1, 0.15) is 125 Å². The van der Waals surface area contributed by atoms with Gasteiger partial charge in [-0.2, -0.15) is 0 Å². The Morgan fingerprint density at radius 1 is 0.466 bits per heavy atom. The molecule has 6 unspecified atom stereocenters. The van der Waals surface area contributed by atoms with Crippen molar-refractivity contribution >= 4 is 49.2 Å². The molecule has 0 saturated heterocycles. The fourth-order valence-electron chi connectivity index (χ4n) is 11.9. The van der Waals surface area contributed by atoms with Gasteiger partial charge in [-0.25, -0.2) is 0 Å². The molecule has 0 radical (unpaired) electrons. The van der Waals surface area contributed by atoms with Crippen LogP contribution in [0, 0.1) is 79.1 Å². The van der Waals surface area contributed by atoms with Gasteiger partial charge in [-0.15, -0.1) is 0 Å². The predicted molar refractivity (Wildman–Crippen MR) is 300 cm³/mol. The van der Waals surface area contributed by atoms with Gasteiger partial charge >= 0.3 is 17.1 Å². The van der Waals surface area contributed by atoms with Gasteiger partial charge in [0.05, 0.1) is 28.4 Å². The minimum Gasteiger partial charge on any atom is -0.600 e. The molecule has 73 heavy (non-hydrogen) atoms. The monoisotopic (exact) mass is 1080 g/mol. The Labute approximate surface area is 452 Å². The van der Waals surface area contributed by atoms with E-state index in [2.05, 4.69) is 128 Å². The average molecular weight is 1080 g/mol. The Morgan fingerprint density at radius 3 is 0.890 bits per heavy atom. The molecule has 0 bridgehead atoms. The van der Waals surface area contributed by atoms with Crippen LogP contribution in [0.2, 0.25) is 0 Å². The molecule has 0 aliphatic heterocycles. The van der Waals surface area contributed by atoms with Crippen molar-refractivity contribution in [1.82, 2.24) is 0 Å². The van der Waals surface area contributed by atoms with Crippen LogP contribution in [-0.4, -0.2) is 77.2 Å². The van der Waals surface area contributed by atoms with Crippen LogP contribution in [0.5, 0.6) is 23.0 Å². The maximum atomic E-state index is 12.3. The maximum absolute atomic E-state index is 12.3. The third-order valence-electron chi connectivity index (χ3n) is 14.8. The summed E-state index contributed by atoms with van der Waals surface area (Å²) in [4.78, 5) is 8.15. The second-order valence-electron chi connectivity index (χ2n) is 20.7. The Hall–Kier alpha value is -4.00. The summed E-state index contributed by atoms with van der Waals surface area (Å²) < 4.78 is 34.2. The van der Waals surface area contributed by atoms with E-state index in [-0.39, 0.29) is 29.2 Å². The minimum absolute atomic E-state index is 0. The van der Waals surface area contributed by atoms with Gasteiger partial charge in [0.2, 0.25) is 0 Å². The molecule has 0 spiro atoms. The molecular weight excluding hydrogens is 994 g/mol. The number of ether oxygens (including phenoxy) is 6. The topological polar surface area (TPSA) is 126 Å². The number of hydrogen-bond donors (Lipinski definition) is 0. The second kappa shape index (κ2) is 28.2. The zero-order valence-electron chi connectivity index (χ0n) is 47.3. The van der Waals surface area contributed by atoms with E-state index in [0.29, 0.717) is 48.2 Å². The van der Waals surface area contributed by atoms with E-state index in [1.165, 1.54) is 21.2 Å². The number of aliphatic imine (C=N–C) groups is 2. The average Bonchev–Trinajstić information content (AvgIpc) is 3.90. The molecule has 2 saturated carbocycles. The fraction of sp³-hybridized carbons (Fsp3) is 0.567. The zero-order valence-corrected chi connectivity index (χ0v) is 50.2. The number of rotatable bonds is 18. The summed E-state index contributed by atoms with van der Waals surface area (Å²) in [5.74, 6) is 5.49. The van der Waals surface area contributed by atoms with Gasteiger partial charge in [0.1, 0.15) is 35.2 Å². The van der Waals surface area contributed by atoms with Crippen LogP contribution < -0.4 is 50.4 Å². The summed E-state index contributed by atoms with van der Waals surface area (Å²) in [6.45, 7) is 30.0. The summed E-state index contributed by atoms with van der Waals surface area (Å²) in [7, 11) is 5.55. The number of aryl methyl sites for hydroxylation is 8. The number of benzene rings is 4. The summed E-state index contributed by atoms with van der Waals surface area (Å²) in [5.41, 5.74) is 10.1. The van der Waals surface area contributed by atoms with Crippen molar-refractivity contribution in [3.8, 4) is 23.0 Å². The van der Waals surface area contributed by atoms with Gasteiger partial charge in [-0.3, -0.25) is 9.98 Å². The first-order valence-electron chi connectivity index (χ1n) is 26.2. The van der Waals surface area contributed by atoms with Gasteiger partial charge in [0.25, 0.3) is 0 Å². The minimum atomic E-state index is -0.704. The van der Waals surface area contributed by atoms with E-state index in [1.54, 1.807) is 28.4 Å². The van der Waals surface area contributed by atoms with Crippen LogP contribution in [-0.2, 0) is 26.5 Å². The first kappa shape index (κ1) is 61.5.